The van der Waals surface area contributed by atoms with Gasteiger partial charge in [-0.05, 0) is 47.5 Å². The van der Waals surface area contributed by atoms with Crippen LogP contribution in [-0.4, -0.2) is 24.2 Å². The van der Waals surface area contributed by atoms with Gasteiger partial charge in [-0.1, -0.05) is 36.4 Å². The first-order valence-electron chi connectivity index (χ1n) is 9.25. The van der Waals surface area contributed by atoms with E-state index in [4.69, 9.17) is 0 Å². The molecule has 0 bridgehead atoms. The molecule has 1 heterocycles. The van der Waals surface area contributed by atoms with Gasteiger partial charge in [0.1, 0.15) is 5.82 Å². The molecule has 0 spiro atoms. The second-order valence-electron chi connectivity index (χ2n) is 7.05. The van der Waals surface area contributed by atoms with E-state index in [2.05, 4.69) is 4.98 Å². The Labute approximate surface area is 177 Å². The van der Waals surface area contributed by atoms with Crippen LogP contribution >= 0.6 is 0 Å². The average molecular weight is 442 g/mol. The van der Waals surface area contributed by atoms with Crippen molar-refractivity contribution in [2.75, 3.05) is 6.26 Å². The fourth-order valence-corrected chi connectivity index (χ4v) is 3.95. The standard InChI is InChI=1S/C23H17F3N2O2S/c1-31(29,30)21-7-3-4-17(15-21)16-8-10-20(11-9-16)28-13-12-27-22(28)18-5-2-6-19(14-18)23(24,25)26/h2-15H,1H3. The molecule has 0 aliphatic heterocycles. The van der Waals surface area contributed by atoms with Gasteiger partial charge in [-0.15, -0.1) is 0 Å². The fourth-order valence-electron chi connectivity index (χ4n) is 3.28. The summed E-state index contributed by atoms with van der Waals surface area (Å²) in [7, 11) is -3.32. The number of aromatic nitrogens is 2. The molecule has 0 aliphatic carbocycles. The van der Waals surface area contributed by atoms with Crippen molar-refractivity contribution in [1.29, 1.82) is 0 Å². The van der Waals surface area contributed by atoms with Crippen LogP contribution in [0.1, 0.15) is 5.56 Å². The number of hydrogen-bond acceptors (Lipinski definition) is 3. The van der Waals surface area contributed by atoms with Crippen molar-refractivity contribution in [2.45, 2.75) is 11.1 Å². The second kappa shape index (κ2) is 7.70. The third kappa shape index (κ3) is 4.39. The van der Waals surface area contributed by atoms with Gasteiger partial charge in [0.05, 0.1) is 10.5 Å². The van der Waals surface area contributed by atoms with Crippen molar-refractivity contribution in [2.24, 2.45) is 0 Å². The van der Waals surface area contributed by atoms with Gasteiger partial charge in [0, 0.05) is 29.9 Å². The van der Waals surface area contributed by atoms with Gasteiger partial charge < -0.3 is 0 Å². The molecule has 4 aromatic rings. The summed E-state index contributed by atoms with van der Waals surface area (Å²) in [5.74, 6) is 0.387. The number of rotatable bonds is 4. The van der Waals surface area contributed by atoms with Crippen LogP contribution in [0.4, 0.5) is 13.2 Å². The highest BCUT2D eigenvalue weighted by molar-refractivity contribution is 7.90. The van der Waals surface area contributed by atoms with Crippen LogP contribution in [-0.2, 0) is 16.0 Å². The molecule has 31 heavy (non-hydrogen) atoms. The minimum atomic E-state index is -4.43. The van der Waals surface area contributed by atoms with Gasteiger partial charge in [-0.25, -0.2) is 13.4 Å². The summed E-state index contributed by atoms with van der Waals surface area (Å²) in [6.07, 6.45) is -0.0763. The Hall–Kier alpha value is -3.39. The zero-order valence-corrected chi connectivity index (χ0v) is 17.2. The van der Waals surface area contributed by atoms with E-state index in [1.165, 1.54) is 12.3 Å². The SMILES string of the molecule is CS(=O)(=O)c1cccc(-c2ccc(-n3ccnc3-c3cccc(C(F)(F)F)c3)cc2)c1. The average Bonchev–Trinajstić information content (AvgIpc) is 3.23. The van der Waals surface area contributed by atoms with Crippen LogP contribution in [0.5, 0.6) is 0 Å². The molecular weight excluding hydrogens is 425 g/mol. The Morgan fingerprint density at radius 3 is 2.19 bits per heavy atom. The molecule has 0 radical (unpaired) electrons. The number of hydrogen-bond donors (Lipinski definition) is 0. The Bertz CT molecular complexity index is 1340. The lowest BCUT2D eigenvalue weighted by Crippen LogP contribution is -2.05. The number of benzene rings is 3. The summed E-state index contributed by atoms with van der Waals surface area (Å²) in [6, 6.07) is 18.9. The summed E-state index contributed by atoms with van der Waals surface area (Å²) in [6.45, 7) is 0. The molecule has 0 saturated heterocycles. The molecule has 8 heteroatoms. The third-order valence-corrected chi connectivity index (χ3v) is 5.94. The zero-order valence-electron chi connectivity index (χ0n) is 16.3. The normalized spacial score (nSPS) is 12.1. The first-order chi connectivity index (χ1) is 14.6. The summed E-state index contributed by atoms with van der Waals surface area (Å²) >= 11 is 0. The van der Waals surface area contributed by atoms with Gasteiger partial charge in [-0.2, -0.15) is 13.2 Å². The summed E-state index contributed by atoms with van der Waals surface area (Å²) in [4.78, 5) is 4.47. The third-order valence-electron chi connectivity index (χ3n) is 4.83. The maximum atomic E-state index is 13.1. The number of imidazole rings is 1. The van der Waals surface area contributed by atoms with E-state index < -0.39 is 21.6 Å². The van der Waals surface area contributed by atoms with Crippen molar-refractivity contribution in [3.05, 3.63) is 90.8 Å². The quantitative estimate of drug-likeness (QED) is 0.412. The van der Waals surface area contributed by atoms with E-state index in [0.717, 1.165) is 29.5 Å². The number of nitrogens with zero attached hydrogens (tertiary/aromatic N) is 2. The van der Waals surface area contributed by atoms with E-state index in [1.807, 2.05) is 18.2 Å². The van der Waals surface area contributed by atoms with Gasteiger partial charge in [0.15, 0.2) is 9.84 Å². The predicted molar refractivity (Wildman–Crippen MR) is 113 cm³/mol. The number of alkyl halides is 3. The number of halogens is 3. The van der Waals surface area contributed by atoms with Gasteiger partial charge in [-0.3, -0.25) is 4.57 Å². The highest BCUT2D eigenvalue weighted by atomic mass is 32.2. The Morgan fingerprint density at radius 1 is 0.839 bits per heavy atom. The molecule has 0 atom stereocenters. The van der Waals surface area contributed by atoms with Gasteiger partial charge in [0.25, 0.3) is 0 Å². The van der Waals surface area contributed by atoms with E-state index in [-0.39, 0.29) is 4.90 Å². The molecular formula is C23H17F3N2O2S. The van der Waals surface area contributed by atoms with Crippen LogP contribution in [0.3, 0.4) is 0 Å². The van der Waals surface area contributed by atoms with Crippen LogP contribution in [0.2, 0.25) is 0 Å². The minimum Gasteiger partial charge on any atom is -0.300 e. The van der Waals surface area contributed by atoms with E-state index in [9.17, 15) is 21.6 Å². The van der Waals surface area contributed by atoms with Crippen molar-refractivity contribution in [1.82, 2.24) is 9.55 Å². The van der Waals surface area contributed by atoms with Crippen molar-refractivity contribution < 1.29 is 21.6 Å². The predicted octanol–water partition coefficient (Wildman–Crippen LogP) is 5.63. The molecule has 4 rings (SSSR count). The largest absolute Gasteiger partial charge is 0.416 e. The van der Waals surface area contributed by atoms with Crippen LogP contribution in [0, 0.1) is 0 Å². The minimum absolute atomic E-state index is 0.232. The summed E-state index contributed by atoms with van der Waals surface area (Å²) in [5, 5.41) is 0. The maximum absolute atomic E-state index is 13.1. The molecule has 158 valence electrons. The molecule has 1 aromatic heterocycles. The lowest BCUT2D eigenvalue weighted by Gasteiger charge is -2.12. The van der Waals surface area contributed by atoms with Crippen LogP contribution in [0.25, 0.3) is 28.2 Å². The molecule has 0 unspecified atom stereocenters. The maximum Gasteiger partial charge on any atom is 0.416 e. The van der Waals surface area contributed by atoms with Crippen LogP contribution in [0.15, 0.2) is 90.1 Å². The summed E-state index contributed by atoms with van der Waals surface area (Å²) in [5.41, 5.74) is 1.89. The molecule has 0 saturated carbocycles. The Kier molecular flexibility index (Phi) is 5.18. The van der Waals surface area contributed by atoms with Crippen molar-refractivity contribution in [3.8, 4) is 28.2 Å². The molecule has 0 aliphatic rings. The molecule has 0 fully saturated rings. The topological polar surface area (TPSA) is 52.0 Å². The van der Waals surface area contributed by atoms with Crippen molar-refractivity contribution >= 4 is 9.84 Å². The number of sulfone groups is 1. The second-order valence-corrected chi connectivity index (χ2v) is 9.06. The van der Waals surface area contributed by atoms with E-state index in [1.54, 1.807) is 47.2 Å². The molecule has 3 aromatic carbocycles. The van der Waals surface area contributed by atoms with Gasteiger partial charge >= 0.3 is 6.18 Å². The molecule has 0 amide bonds. The first-order valence-corrected chi connectivity index (χ1v) is 11.1. The lowest BCUT2D eigenvalue weighted by atomic mass is 10.1. The molecule has 4 nitrogen and oxygen atoms in total. The Balaban J connectivity index is 1.69. The molecule has 0 N–H and O–H groups in total. The van der Waals surface area contributed by atoms with Crippen molar-refractivity contribution in [3.63, 3.8) is 0 Å². The van der Waals surface area contributed by atoms with E-state index >= 15 is 0 Å². The van der Waals surface area contributed by atoms with Gasteiger partial charge in [0.2, 0.25) is 0 Å². The summed E-state index contributed by atoms with van der Waals surface area (Å²) < 4.78 is 64.5. The monoisotopic (exact) mass is 442 g/mol. The highest BCUT2D eigenvalue weighted by Gasteiger charge is 2.30. The Morgan fingerprint density at radius 2 is 1.52 bits per heavy atom. The fraction of sp³-hybridized carbons (Fsp3) is 0.0870. The first kappa shape index (κ1) is 20.9. The smallest absolute Gasteiger partial charge is 0.300 e. The van der Waals surface area contributed by atoms with Crippen LogP contribution < -0.4 is 0 Å². The zero-order chi connectivity index (χ0) is 22.2. The highest BCUT2D eigenvalue weighted by Crippen LogP contribution is 2.32. The lowest BCUT2D eigenvalue weighted by molar-refractivity contribution is -0.137. The van der Waals surface area contributed by atoms with E-state index in [0.29, 0.717) is 17.1 Å².